The first-order valence-electron chi connectivity index (χ1n) is 5.15. The quantitative estimate of drug-likeness (QED) is 0.719. The molecule has 0 aliphatic carbocycles. The Labute approximate surface area is 85.2 Å². The Kier molecular flexibility index (Phi) is 3.86. The number of Topliss-reactive ketones (excluding diaryl/α,β-unsaturated/α-hetero) is 1. The number of carbonyl (C=O) groups excluding carboxylic acids is 1. The lowest BCUT2D eigenvalue weighted by molar-refractivity contribution is -0.119. The van der Waals surface area contributed by atoms with E-state index in [-0.39, 0.29) is 5.78 Å². The maximum Gasteiger partial charge on any atom is 0.140 e. The average molecular weight is 194 g/mol. The fourth-order valence-corrected chi connectivity index (χ4v) is 1.50. The SMILES string of the molecule is CCn1ccnc1CC(=O)CC(C)C. The summed E-state index contributed by atoms with van der Waals surface area (Å²) in [6.45, 7) is 7.05. The first kappa shape index (κ1) is 11.0. The van der Waals surface area contributed by atoms with Crippen LogP contribution in [0.3, 0.4) is 0 Å². The van der Waals surface area contributed by atoms with Crippen LogP contribution in [-0.4, -0.2) is 15.3 Å². The van der Waals surface area contributed by atoms with Crippen LogP contribution in [0.2, 0.25) is 0 Å². The van der Waals surface area contributed by atoms with Crippen LogP contribution < -0.4 is 0 Å². The molecule has 0 aliphatic heterocycles. The summed E-state index contributed by atoms with van der Waals surface area (Å²) in [5.74, 6) is 1.60. The van der Waals surface area contributed by atoms with Crippen LogP contribution in [0.15, 0.2) is 12.4 Å². The zero-order valence-corrected chi connectivity index (χ0v) is 9.16. The Bertz CT molecular complexity index is 302. The van der Waals surface area contributed by atoms with Crippen LogP contribution in [0.4, 0.5) is 0 Å². The number of imidazole rings is 1. The Balaban J connectivity index is 2.55. The smallest absolute Gasteiger partial charge is 0.140 e. The van der Waals surface area contributed by atoms with Gasteiger partial charge in [0.15, 0.2) is 0 Å². The number of ketones is 1. The van der Waals surface area contributed by atoms with E-state index >= 15 is 0 Å². The van der Waals surface area contributed by atoms with Crippen LogP contribution in [0, 0.1) is 5.92 Å². The minimum absolute atomic E-state index is 0.279. The van der Waals surface area contributed by atoms with E-state index in [1.54, 1.807) is 6.20 Å². The molecular formula is C11H18N2O. The van der Waals surface area contributed by atoms with Crippen molar-refractivity contribution >= 4 is 5.78 Å². The fraction of sp³-hybridized carbons (Fsp3) is 0.636. The van der Waals surface area contributed by atoms with Gasteiger partial charge in [-0.05, 0) is 12.8 Å². The predicted octanol–water partition coefficient (Wildman–Crippen LogP) is 2.06. The highest BCUT2D eigenvalue weighted by molar-refractivity contribution is 5.80. The van der Waals surface area contributed by atoms with Crippen LogP contribution in [0.25, 0.3) is 0 Å². The average Bonchev–Trinajstić information content (AvgIpc) is 2.50. The summed E-state index contributed by atoms with van der Waals surface area (Å²) in [5.41, 5.74) is 0. The second-order valence-corrected chi connectivity index (χ2v) is 3.94. The number of aromatic nitrogens is 2. The van der Waals surface area contributed by atoms with E-state index in [4.69, 9.17) is 0 Å². The van der Waals surface area contributed by atoms with Gasteiger partial charge in [0.2, 0.25) is 0 Å². The topological polar surface area (TPSA) is 34.9 Å². The van der Waals surface area contributed by atoms with Gasteiger partial charge in [-0.1, -0.05) is 13.8 Å². The third-order valence-corrected chi connectivity index (χ3v) is 2.13. The van der Waals surface area contributed by atoms with Crippen molar-refractivity contribution in [3.05, 3.63) is 18.2 Å². The van der Waals surface area contributed by atoms with Gasteiger partial charge in [-0.15, -0.1) is 0 Å². The van der Waals surface area contributed by atoms with Crippen LogP contribution in [0.5, 0.6) is 0 Å². The monoisotopic (exact) mass is 194 g/mol. The lowest BCUT2D eigenvalue weighted by Crippen LogP contribution is -2.11. The molecule has 0 aliphatic rings. The van der Waals surface area contributed by atoms with Gasteiger partial charge in [-0.2, -0.15) is 0 Å². The van der Waals surface area contributed by atoms with Crippen LogP contribution in [-0.2, 0) is 17.8 Å². The molecule has 1 aromatic rings. The van der Waals surface area contributed by atoms with Gasteiger partial charge in [0.1, 0.15) is 11.6 Å². The van der Waals surface area contributed by atoms with Crippen LogP contribution in [0.1, 0.15) is 33.0 Å². The van der Waals surface area contributed by atoms with Crippen molar-refractivity contribution in [3.63, 3.8) is 0 Å². The van der Waals surface area contributed by atoms with Crippen molar-refractivity contribution in [1.82, 2.24) is 9.55 Å². The second kappa shape index (κ2) is 4.94. The summed E-state index contributed by atoms with van der Waals surface area (Å²) >= 11 is 0. The molecule has 0 saturated carbocycles. The molecule has 3 nitrogen and oxygen atoms in total. The summed E-state index contributed by atoms with van der Waals surface area (Å²) in [4.78, 5) is 15.7. The van der Waals surface area contributed by atoms with E-state index in [2.05, 4.69) is 25.8 Å². The maximum atomic E-state index is 11.5. The van der Waals surface area contributed by atoms with E-state index in [1.165, 1.54) is 0 Å². The molecular weight excluding hydrogens is 176 g/mol. The Morgan fingerprint density at radius 2 is 2.29 bits per heavy atom. The Hall–Kier alpha value is -1.12. The third-order valence-electron chi connectivity index (χ3n) is 2.13. The molecule has 14 heavy (non-hydrogen) atoms. The van der Waals surface area contributed by atoms with Gasteiger partial charge in [-0.25, -0.2) is 4.98 Å². The normalized spacial score (nSPS) is 10.9. The van der Waals surface area contributed by atoms with Crippen LogP contribution >= 0.6 is 0 Å². The highest BCUT2D eigenvalue weighted by atomic mass is 16.1. The van der Waals surface area contributed by atoms with Crippen molar-refractivity contribution < 1.29 is 4.79 Å². The molecule has 0 aromatic carbocycles. The van der Waals surface area contributed by atoms with Crippen molar-refractivity contribution in [2.45, 2.75) is 40.2 Å². The Morgan fingerprint density at radius 1 is 1.57 bits per heavy atom. The molecule has 0 spiro atoms. The first-order chi connectivity index (χ1) is 6.63. The molecule has 78 valence electrons. The van der Waals surface area contributed by atoms with E-state index in [0.717, 1.165) is 12.4 Å². The van der Waals surface area contributed by atoms with Crippen molar-refractivity contribution in [2.24, 2.45) is 5.92 Å². The molecule has 3 heteroatoms. The fourth-order valence-electron chi connectivity index (χ4n) is 1.50. The molecule has 0 radical (unpaired) electrons. The molecule has 0 atom stereocenters. The summed E-state index contributed by atoms with van der Waals surface area (Å²) in [6, 6.07) is 0. The van der Waals surface area contributed by atoms with E-state index in [9.17, 15) is 4.79 Å². The van der Waals surface area contributed by atoms with E-state index in [0.29, 0.717) is 18.8 Å². The van der Waals surface area contributed by atoms with Gasteiger partial charge < -0.3 is 4.57 Å². The summed E-state index contributed by atoms with van der Waals surface area (Å²) < 4.78 is 2.01. The number of rotatable bonds is 5. The predicted molar refractivity (Wildman–Crippen MR) is 56.1 cm³/mol. The molecule has 0 N–H and O–H groups in total. The number of nitrogens with zero attached hydrogens (tertiary/aromatic N) is 2. The molecule has 1 aromatic heterocycles. The molecule has 1 rings (SSSR count). The minimum atomic E-state index is 0.279. The Morgan fingerprint density at radius 3 is 2.86 bits per heavy atom. The standard InChI is InChI=1S/C11H18N2O/c1-4-13-6-5-12-11(13)8-10(14)7-9(2)3/h5-6,9H,4,7-8H2,1-3H3. The molecule has 0 bridgehead atoms. The van der Waals surface area contributed by atoms with Crippen molar-refractivity contribution in [1.29, 1.82) is 0 Å². The number of carbonyl (C=O) groups is 1. The number of aryl methyl sites for hydroxylation is 1. The molecule has 0 fully saturated rings. The third kappa shape index (κ3) is 2.98. The van der Waals surface area contributed by atoms with Crippen molar-refractivity contribution in [3.8, 4) is 0 Å². The molecule has 0 unspecified atom stereocenters. The second-order valence-electron chi connectivity index (χ2n) is 3.94. The van der Waals surface area contributed by atoms with Gasteiger partial charge in [0.25, 0.3) is 0 Å². The van der Waals surface area contributed by atoms with E-state index < -0.39 is 0 Å². The zero-order valence-electron chi connectivity index (χ0n) is 9.16. The van der Waals surface area contributed by atoms with Gasteiger partial charge in [0.05, 0.1) is 6.42 Å². The largest absolute Gasteiger partial charge is 0.335 e. The molecule has 0 saturated heterocycles. The highest BCUT2D eigenvalue weighted by Gasteiger charge is 2.09. The lowest BCUT2D eigenvalue weighted by atomic mass is 10.1. The highest BCUT2D eigenvalue weighted by Crippen LogP contribution is 2.05. The molecule has 1 heterocycles. The van der Waals surface area contributed by atoms with Gasteiger partial charge in [0, 0.05) is 25.4 Å². The summed E-state index contributed by atoms with van der Waals surface area (Å²) in [7, 11) is 0. The summed E-state index contributed by atoms with van der Waals surface area (Å²) in [5, 5.41) is 0. The van der Waals surface area contributed by atoms with Gasteiger partial charge >= 0.3 is 0 Å². The first-order valence-corrected chi connectivity index (χ1v) is 5.15. The van der Waals surface area contributed by atoms with Crippen molar-refractivity contribution in [2.75, 3.05) is 0 Å². The zero-order chi connectivity index (χ0) is 10.6. The number of hydrogen-bond donors (Lipinski definition) is 0. The molecule has 0 amide bonds. The van der Waals surface area contributed by atoms with E-state index in [1.807, 2.05) is 10.8 Å². The minimum Gasteiger partial charge on any atom is -0.335 e. The summed E-state index contributed by atoms with van der Waals surface area (Å²) in [6.07, 6.45) is 4.79. The van der Waals surface area contributed by atoms with Gasteiger partial charge in [-0.3, -0.25) is 4.79 Å². The number of hydrogen-bond acceptors (Lipinski definition) is 2. The maximum absolute atomic E-state index is 11.5. The lowest BCUT2D eigenvalue weighted by Gasteiger charge is -2.05.